The van der Waals surface area contributed by atoms with Gasteiger partial charge in [0.15, 0.2) is 0 Å². The van der Waals surface area contributed by atoms with Gasteiger partial charge in [0.2, 0.25) is 0 Å². The second-order valence-electron chi connectivity index (χ2n) is 9.96. The molecule has 0 radical (unpaired) electrons. The van der Waals surface area contributed by atoms with Gasteiger partial charge in [0.05, 0.1) is 17.1 Å². The lowest BCUT2D eigenvalue weighted by atomic mass is 9.95. The van der Waals surface area contributed by atoms with Crippen molar-refractivity contribution < 1.29 is 13.5 Å². The summed E-state index contributed by atoms with van der Waals surface area (Å²) in [5.41, 5.74) is 3.45. The van der Waals surface area contributed by atoms with Gasteiger partial charge in [0, 0.05) is 41.2 Å². The third kappa shape index (κ3) is 5.39. The first-order valence-electron chi connectivity index (χ1n) is 11.7. The Kier molecular flexibility index (Phi) is 7.15. The monoisotopic (exact) mass is 524 g/mol. The summed E-state index contributed by atoms with van der Waals surface area (Å²) < 4.78 is 34.3. The van der Waals surface area contributed by atoms with Crippen molar-refractivity contribution in [3.63, 3.8) is 0 Å². The minimum Gasteiger partial charge on any atom is -0.487 e. The molecule has 0 N–H and O–H groups in total. The summed E-state index contributed by atoms with van der Waals surface area (Å²) >= 11 is 6.41. The zero-order valence-electron chi connectivity index (χ0n) is 21.5. The molecule has 37 heavy (non-hydrogen) atoms. The summed E-state index contributed by atoms with van der Waals surface area (Å²) in [5.74, 6) is -0.627. The lowest BCUT2D eigenvalue weighted by molar-refractivity contribution is 0.298. The molecule has 9 heteroatoms. The van der Waals surface area contributed by atoms with Crippen LogP contribution in [0.2, 0.25) is 5.02 Å². The van der Waals surface area contributed by atoms with Crippen LogP contribution >= 0.6 is 11.6 Å². The van der Waals surface area contributed by atoms with Gasteiger partial charge in [0.1, 0.15) is 34.8 Å². The highest BCUT2D eigenvalue weighted by molar-refractivity contribution is 6.31. The van der Waals surface area contributed by atoms with Gasteiger partial charge in [-0.25, -0.2) is 18.7 Å². The quantitative estimate of drug-likeness (QED) is 0.301. The summed E-state index contributed by atoms with van der Waals surface area (Å²) in [6.45, 7) is 11.4. The van der Waals surface area contributed by atoms with Crippen molar-refractivity contribution in [1.29, 1.82) is 0 Å². The first kappa shape index (κ1) is 26.4. The van der Waals surface area contributed by atoms with Crippen molar-refractivity contribution in [1.82, 2.24) is 19.5 Å². The van der Waals surface area contributed by atoms with Crippen LogP contribution in [-0.2, 0) is 12.0 Å². The third-order valence-electron chi connectivity index (χ3n) is 5.90. The van der Waals surface area contributed by atoms with E-state index in [1.165, 1.54) is 10.6 Å². The number of benzene rings is 1. The Morgan fingerprint density at radius 3 is 2.38 bits per heavy atom. The molecule has 0 spiro atoms. The van der Waals surface area contributed by atoms with Crippen LogP contribution in [0.25, 0.3) is 17.1 Å². The van der Waals surface area contributed by atoms with E-state index in [2.05, 4.69) is 9.97 Å². The zero-order valence-corrected chi connectivity index (χ0v) is 22.2. The van der Waals surface area contributed by atoms with Gasteiger partial charge < -0.3 is 4.74 Å². The maximum absolute atomic E-state index is 14.0. The maximum Gasteiger partial charge on any atom is 0.277 e. The predicted molar refractivity (Wildman–Crippen MR) is 139 cm³/mol. The van der Waals surface area contributed by atoms with Crippen LogP contribution in [0.3, 0.4) is 0 Å². The second kappa shape index (κ2) is 10.0. The summed E-state index contributed by atoms with van der Waals surface area (Å²) in [5, 5.41) is -0.154. The number of rotatable bonds is 5. The Balaban J connectivity index is 1.75. The summed E-state index contributed by atoms with van der Waals surface area (Å²) in [6.07, 6.45) is 3.46. The van der Waals surface area contributed by atoms with Gasteiger partial charge in [-0.05, 0) is 50.1 Å². The molecule has 3 heterocycles. The third-order valence-corrected chi connectivity index (χ3v) is 6.25. The molecule has 192 valence electrons. The molecule has 0 unspecified atom stereocenters. The van der Waals surface area contributed by atoms with Gasteiger partial charge in [0.25, 0.3) is 5.56 Å². The fourth-order valence-corrected chi connectivity index (χ4v) is 4.02. The highest BCUT2D eigenvalue weighted by Gasteiger charge is 2.21. The van der Waals surface area contributed by atoms with E-state index in [-0.39, 0.29) is 28.4 Å². The molecule has 0 aliphatic heterocycles. The van der Waals surface area contributed by atoms with Crippen LogP contribution in [-0.4, -0.2) is 19.5 Å². The van der Waals surface area contributed by atoms with Crippen LogP contribution in [0.4, 0.5) is 8.78 Å². The van der Waals surface area contributed by atoms with Crippen molar-refractivity contribution in [3.05, 3.63) is 97.9 Å². The van der Waals surface area contributed by atoms with Gasteiger partial charge in [-0.15, -0.1) is 0 Å². The molecule has 4 rings (SSSR count). The molecular weight excluding hydrogens is 498 g/mol. The number of hydrogen-bond donors (Lipinski definition) is 0. The first-order chi connectivity index (χ1) is 17.4. The zero-order chi connectivity index (χ0) is 27.1. The minimum absolute atomic E-state index is 0.109. The molecule has 3 aromatic heterocycles. The smallest absolute Gasteiger partial charge is 0.277 e. The molecule has 6 nitrogen and oxygen atoms in total. The van der Waals surface area contributed by atoms with E-state index >= 15 is 0 Å². The Morgan fingerprint density at radius 1 is 1.00 bits per heavy atom. The van der Waals surface area contributed by atoms with Crippen molar-refractivity contribution in [2.75, 3.05) is 0 Å². The fourth-order valence-electron chi connectivity index (χ4n) is 3.83. The lowest BCUT2D eigenvalue weighted by Gasteiger charge is -2.19. The van der Waals surface area contributed by atoms with Gasteiger partial charge in [-0.3, -0.25) is 14.3 Å². The maximum atomic E-state index is 14.0. The molecule has 0 bridgehead atoms. The van der Waals surface area contributed by atoms with Crippen LogP contribution in [0.5, 0.6) is 5.75 Å². The van der Waals surface area contributed by atoms with E-state index in [4.69, 9.17) is 21.3 Å². The van der Waals surface area contributed by atoms with Crippen LogP contribution in [0.15, 0.2) is 47.5 Å². The van der Waals surface area contributed by atoms with E-state index in [0.29, 0.717) is 28.6 Å². The fraction of sp³-hybridized carbons (Fsp3) is 0.286. The predicted octanol–water partition coefficient (Wildman–Crippen LogP) is 6.42. The number of halogens is 3. The Hall–Kier alpha value is -3.65. The van der Waals surface area contributed by atoms with Gasteiger partial charge in [-0.1, -0.05) is 32.4 Å². The molecule has 1 aromatic carbocycles. The lowest BCUT2D eigenvalue weighted by Crippen LogP contribution is -2.23. The van der Waals surface area contributed by atoms with E-state index in [1.54, 1.807) is 31.5 Å². The van der Waals surface area contributed by atoms with Crippen LogP contribution in [0.1, 0.15) is 49.0 Å². The Morgan fingerprint density at radius 2 is 1.70 bits per heavy atom. The van der Waals surface area contributed by atoms with Crippen LogP contribution in [0, 0.1) is 32.4 Å². The average Bonchev–Trinajstić information content (AvgIpc) is 2.82. The number of aryl methyl sites for hydroxylation is 3. The number of pyridine rings is 2. The number of aromatic nitrogens is 4. The molecular formula is C28H27ClF2N4O2. The summed E-state index contributed by atoms with van der Waals surface area (Å²) in [6, 6.07) is 6.61. The van der Waals surface area contributed by atoms with E-state index in [0.717, 1.165) is 23.3 Å². The van der Waals surface area contributed by atoms with Crippen molar-refractivity contribution in [2.45, 2.75) is 53.6 Å². The van der Waals surface area contributed by atoms with E-state index in [1.807, 2.05) is 34.6 Å². The van der Waals surface area contributed by atoms with E-state index < -0.39 is 17.2 Å². The molecule has 0 aliphatic carbocycles. The molecule has 0 aliphatic rings. The molecule has 0 amide bonds. The van der Waals surface area contributed by atoms with Crippen LogP contribution < -0.4 is 10.3 Å². The SMILES string of the molecule is Cc1cnc(-c2nc(C(C)(C)C)ncc2C)cc1-n1c(C)cc(OCc2ccc(F)cc2F)c(Cl)c1=O. The topological polar surface area (TPSA) is 69.9 Å². The highest BCUT2D eigenvalue weighted by atomic mass is 35.5. The average molecular weight is 525 g/mol. The normalized spacial score (nSPS) is 11.6. The molecule has 0 saturated carbocycles. The first-order valence-corrected chi connectivity index (χ1v) is 12.0. The molecule has 0 fully saturated rings. The largest absolute Gasteiger partial charge is 0.487 e. The Bertz CT molecular complexity index is 1560. The van der Waals surface area contributed by atoms with Gasteiger partial charge >= 0.3 is 0 Å². The van der Waals surface area contributed by atoms with Crippen molar-refractivity contribution in [2.24, 2.45) is 0 Å². The summed E-state index contributed by atoms with van der Waals surface area (Å²) in [4.78, 5) is 27.2. The molecule has 0 atom stereocenters. The minimum atomic E-state index is -0.740. The Labute approximate surface area is 219 Å². The second-order valence-corrected chi connectivity index (χ2v) is 10.3. The standard InChI is InChI=1S/C28H27ClF2N4O2/c1-15-12-32-21(25-16(2)13-33-27(34-25)28(4,5)6)11-22(15)35-17(3)9-23(24(29)26(35)36)37-14-18-7-8-19(30)10-20(18)31/h7-13H,14H2,1-6H3. The number of nitrogens with zero attached hydrogens (tertiary/aromatic N) is 4. The number of ether oxygens (including phenoxy) is 1. The molecule has 0 saturated heterocycles. The van der Waals surface area contributed by atoms with Crippen molar-refractivity contribution in [3.8, 4) is 22.8 Å². The summed E-state index contributed by atoms with van der Waals surface area (Å²) in [7, 11) is 0. The highest BCUT2D eigenvalue weighted by Crippen LogP contribution is 2.29. The molecule has 4 aromatic rings. The van der Waals surface area contributed by atoms with E-state index in [9.17, 15) is 13.6 Å². The number of hydrogen-bond acceptors (Lipinski definition) is 5. The van der Waals surface area contributed by atoms with Crippen molar-refractivity contribution >= 4 is 11.6 Å². The van der Waals surface area contributed by atoms with Gasteiger partial charge in [-0.2, -0.15) is 0 Å².